The van der Waals surface area contributed by atoms with E-state index in [1.54, 1.807) is 11.3 Å². The number of hydrogen-bond acceptors (Lipinski definition) is 3. The van der Waals surface area contributed by atoms with Gasteiger partial charge in [0.2, 0.25) is 0 Å². The molecule has 0 unspecified atom stereocenters. The summed E-state index contributed by atoms with van der Waals surface area (Å²) in [5.41, 5.74) is 0. The van der Waals surface area contributed by atoms with Crippen molar-refractivity contribution in [1.82, 2.24) is 15.2 Å². The predicted molar refractivity (Wildman–Crippen MR) is 100 cm³/mol. The fraction of sp³-hybridized carbons (Fsp3) is 0.778. The van der Waals surface area contributed by atoms with E-state index in [2.05, 4.69) is 43.0 Å². The Balaban J connectivity index is 1.84. The molecule has 0 radical (unpaired) electrons. The van der Waals surface area contributed by atoms with Crippen molar-refractivity contribution in [1.29, 1.82) is 0 Å². The lowest BCUT2D eigenvalue weighted by atomic mass is 9.83. The van der Waals surface area contributed by atoms with E-state index in [0.29, 0.717) is 0 Å². The average molecular weight is 337 g/mol. The maximum absolute atomic E-state index is 4.80. The molecule has 1 heterocycles. The third-order valence-corrected chi connectivity index (χ3v) is 5.59. The quantitative estimate of drug-likeness (QED) is 0.636. The number of aliphatic imine (C=N–C) groups is 1. The van der Waals surface area contributed by atoms with E-state index in [4.69, 9.17) is 4.99 Å². The highest BCUT2D eigenvalue weighted by molar-refractivity contribution is 7.11. The molecule has 1 aromatic rings. The van der Waals surface area contributed by atoms with Gasteiger partial charge in [0.1, 0.15) is 0 Å². The Kier molecular flexibility index (Phi) is 7.34. The van der Waals surface area contributed by atoms with Gasteiger partial charge in [0.25, 0.3) is 0 Å². The van der Waals surface area contributed by atoms with Crippen molar-refractivity contribution in [2.75, 3.05) is 26.7 Å². The maximum Gasteiger partial charge on any atom is 0.193 e. The molecule has 1 saturated carbocycles. The normalized spacial score (nSPS) is 22.2. The smallest absolute Gasteiger partial charge is 0.193 e. The molecule has 1 fully saturated rings. The molecule has 0 aliphatic heterocycles. The molecular formula is C18H32N4S. The fourth-order valence-corrected chi connectivity index (χ4v) is 4.01. The first-order valence-electron chi connectivity index (χ1n) is 8.99. The van der Waals surface area contributed by atoms with E-state index < -0.39 is 0 Å². The highest BCUT2D eigenvalue weighted by atomic mass is 32.1. The van der Waals surface area contributed by atoms with Crippen molar-refractivity contribution in [3.8, 4) is 0 Å². The van der Waals surface area contributed by atoms with Crippen molar-refractivity contribution < 1.29 is 0 Å². The topological polar surface area (TPSA) is 40.5 Å². The van der Waals surface area contributed by atoms with E-state index in [1.165, 1.54) is 35.6 Å². The summed E-state index contributed by atoms with van der Waals surface area (Å²) in [4.78, 5) is 12.8. The number of hydrogen-bond donors (Lipinski definition) is 1. The van der Waals surface area contributed by atoms with Crippen molar-refractivity contribution in [3.05, 3.63) is 16.1 Å². The molecule has 0 saturated heterocycles. The molecule has 4 nitrogen and oxygen atoms in total. The van der Waals surface area contributed by atoms with Crippen LogP contribution in [0.3, 0.4) is 0 Å². The molecule has 2 rings (SSSR count). The van der Waals surface area contributed by atoms with Gasteiger partial charge in [0, 0.05) is 44.2 Å². The van der Waals surface area contributed by atoms with E-state index in [-0.39, 0.29) is 0 Å². The fourth-order valence-electron chi connectivity index (χ4n) is 3.23. The Bertz CT molecular complexity index is 489. The number of thiazole rings is 1. The molecule has 0 aromatic carbocycles. The van der Waals surface area contributed by atoms with Crippen molar-refractivity contribution in [3.63, 3.8) is 0 Å². The van der Waals surface area contributed by atoms with E-state index in [9.17, 15) is 0 Å². The summed E-state index contributed by atoms with van der Waals surface area (Å²) >= 11 is 1.78. The number of nitrogens with one attached hydrogen (secondary N) is 1. The highest BCUT2D eigenvalue weighted by Crippen LogP contribution is 2.28. The highest BCUT2D eigenvalue weighted by Gasteiger charge is 2.20. The summed E-state index contributed by atoms with van der Waals surface area (Å²) in [7, 11) is 2.17. The van der Waals surface area contributed by atoms with E-state index in [0.717, 1.165) is 43.9 Å². The van der Waals surface area contributed by atoms with Crippen molar-refractivity contribution >= 4 is 17.3 Å². The Hall–Kier alpha value is -1.10. The summed E-state index contributed by atoms with van der Waals surface area (Å²) in [6, 6.07) is 0. The minimum absolute atomic E-state index is 0.807. The second-order valence-electron chi connectivity index (χ2n) is 6.86. The molecule has 23 heavy (non-hydrogen) atoms. The molecule has 1 aliphatic carbocycles. The standard InChI is InChI=1S/C18H32N4S/c1-5-19-18(20-11-10-17-21-12-15(3)23-17)22(4)13-16-8-6-14(2)7-9-16/h12,14,16H,5-11,13H2,1-4H3,(H,19,20). The van der Waals surface area contributed by atoms with Crippen LogP contribution in [-0.2, 0) is 6.42 Å². The molecule has 0 atom stereocenters. The predicted octanol–water partition coefficient (Wildman–Crippen LogP) is 3.72. The molecule has 0 amide bonds. The minimum atomic E-state index is 0.807. The zero-order valence-corrected chi connectivity index (χ0v) is 16.0. The van der Waals surface area contributed by atoms with Gasteiger partial charge in [-0.05, 0) is 38.5 Å². The lowest BCUT2D eigenvalue weighted by molar-refractivity contribution is 0.250. The Morgan fingerprint density at radius 1 is 1.39 bits per heavy atom. The van der Waals surface area contributed by atoms with Crippen LogP contribution in [0, 0.1) is 18.8 Å². The number of aromatic nitrogens is 1. The van der Waals surface area contributed by atoms with Crippen molar-refractivity contribution in [2.24, 2.45) is 16.8 Å². The SMILES string of the molecule is CCNC(=NCCc1ncc(C)s1)N(C)CC1CCC(C)CC1. The Morgan fingerprint density at radius 3 is 2.74 bits per heavy atom. The van der Waals surface area contributed by atoms with Crippen LogP contribution in [0.15, 0.2) is 11.2 Å². The van der Waals surface area contributed by atoms with Gasteiger partial charge in [-0.25, -0.2) is 4.98 Å². The number of guanidine groups is 1. The van der Waals surface area contributed by atoms with Crippen LogP contribution in [-0.4, -0.2) is 42.5 Å². The second-order valence-corrected chi connectivity index (χ2v) is 8.18. The van der Waals surface area contributed by atoms with E-state index >= 15 is 0 Å². The van der Waals surface area contributed by atoms with Crippen LogP contribution < -0.4 is 5.32 Å². The lowest BCUT2D eigenvalue weighted by Gasteiger charge is -2.31. The largest absolute Gasteiger partial charge is 0.357 e. The third-order valence-electron chi connectivity index (χ3n) is 4.62. The molecule has 1 aromatic heterocycles. The van der Waals surface area contributed by atoms with Crippen LogP contribution in [0.5, 0.6) is 0 Å². The van der Waals surface area contributed by atoms with Crippen LogP contribution in [0.25, 0.3) is 0 Å². The monoisotopic (exact) mass is 336 g/mol. The van der Waals surface area contributed by atoms with Crippen LogP contribution in [0.4, 0.5) is 0 Å². The van der Waals surface area contributed by atoms with Gasteiger partial charge in [-0.15, -0.1) is 11.3 Å². The van der Waals surface area contributed by atoms with Crippen LogP contribution >= 0.6 is 11.3 Å². The number of rotatable bonds is 6. The molecule has 1 N–H and O–H groups in total. The van der Waals surface area contributed by atoms with Gasteiger partial charge in [-0.2, -0.15) is 0 Å². The Labute approximate surface area is 145 Å². The summed E-state index contributed by atoms with van der Waals surface area (Å²) in [6.07, 6.45) is 8.38. The first kappa shape index (κ1) is 18.2. The van der Waals surface area contributed by atoms with Gasteiger partial charge in [-0.3, -0.25) is 4.99 Å². The van der Waals surface area contributed by atoms with Gasteiger partial charge in [0.15, 0.2) is 5.96 Å². The summed E-state index contributed by atoms with van der Waals surface area (Å²) in [6.45, 7) is 9.46. The minimum Gasteiger partial charge on any atom is -0.357 e. The summed E-state index contributed by atoms with van der Waals surface area (Å²) < 4.78 is 0. The van der Waals surface area contributed by atoms with Crippen molar-refractivity contribution in [2.45, 2.75) is 52.9 Å². The summed E-state index contributed by atoms with van der Waals surface area (Å²) in [5.74, 6) is 2.78. The molecular weight excluding hydrogens is 304 g/mol. The number of nitrogens with zero attached hydrogens (tertiary/aromatic N) is 3. The Morgan fingerprint density at radius 2 is 2.13 bits per heavy atom. The van der Waals surface area contributed by atoms with Crippen LogP contribution in [0.2, 0.25) is 0 Å². The first-order valence-corrected chi connectivity index (χ1v) is 9.80. The number of aryl methyl sites for hydroxylation is 1. The zero-order valence-electron chi connectivity index (χ0n) is 15.1. The van der Waals surface area contributed by atoms with E-state index in [1.807, 2.05) is 6.20 Å². The molecule has 5 heteroatoms. The molecule has 0 spiro atoms. The summed E-state index contributed by atoms with van der Waals surface area (Å²) in [5, 5.41) is 4.62. The molecule has 0 bridgehead atoms. The first-order chi connectivity index (χ1) is 11.1. The zero-order chi connectivity index (χ0) is 16.7. The molecule has 1 aliphatic rings. The third kappa shape index (κ3) is 6.13. The van der Waals surface area contributed by atoms with Gasteiger partial charge < -0.3 is 10.2 Å². The second kappa shape index (κ2) is 9.26. The lowest BCUT2D eigenvalue weighted by Crippen LogP contribution is -2.42. The average Bonchev–Trinajstić information content (AvgIpc) is 2.94. The maximum atomic E-state index is 4.80. The van der Waals surface area contributed by atoms with Crippen LogP contribution in [0.1, 0.15) is 49.4 Å². The van der Waals surface area contributed by atoms with Gasteiger partial charge >= 0.3 is 0 Å². The van der Waals surface area contributed by atoms with Gasteiger partial charge in [-0.1, -0.05) is 19.8 Å². The van der Waals surface area contributed by atoms with Gasteiger partial charge in [0.05, 0.1) is 5.01 Å². The molecule has 130 valence electrons.